The van der Waals surface area contributed by atoms with Crippen LogP contribution in [0.4, 0.5) is 0 Å². The van der Waals surface area contributed by atoms with Crippen molar-refractivity contribution >= 4 is 5.97 Å². The van der Waals surface area contributed by atoms with Gasteiger partial charge in [0.05, 0.1) is 30.5 Å². The van der Waals surface area contributed by atoms with E-state index in [2.05, 4.69) is 0 Å². The molecule has 0 spiro atoms. The third-order valence-corrected chi connectivity index (χ3v) is 4.51. The summed E-state index contributed by atoms with van der Waals surface area (Å²) >= 11 is 0. The monoisotopic (exact) mass is 394 g/mol. The Morgan fingerprint density at radius 1 is 1.07 bits per heavy atom. The third kappa shape index (κ3) is 10.6. The maximum atomic E-state index is 10.3. The highest BCUT2D eigenvalue weighted by atomic mass is 16.5. The first kappa shape index (κ1) is 24.3. The molecule has 158 valence electrons. The standard InChI is InChI=1S/C22H34O6/c1-2-20-19(25)16-21(28-20)18(24)15-14-17(23)12-10-8-6-4-3-5-7-9-11-13-22(26)27/h3-4,7-10,14-15,17-21,23-25H,2,5-6,11-13,16H2,1H3,(H,26,27)/b4-3-,9-7-,10-8-,15-14+/t17-,18-,19+,20+,21-/m0/s1. The Balaban J connectivity index is 2.16. The smallest absolute Gasteiger partial charge is 0.303 e. The Hall–Kier alpha value is -1.73. The van der Waals surface area contributed by atoms with Gasteiger partial charge in [-0.2, -0.15) is 0 Å². The average Bonchev–Trinajstić information content (AvgIpc) is 3.04. The van der Waals surface area contributed by atoms with Crippen molar-refractivity contribution in [1.29, 1.82) is 0 Å². The number of carbonyl (C=O) groups is 1. The van der Waals surface area contributed by atoms with Crippen molar-refractivity contribution in [2.75, 3.05) is 0 Å². The lowest BCUT2D eigenvalue weighted by Crippen LogP contribution is -2.24. The molecule has 0 aliphatic carbocycles. The van der Waals surface area contributed by atoms with E-state index in [9.17, 15) is 20.1 Å². The number of rotatable bonds is 13. The number of carboxylic acid groups (broad SMARTS) is 1. The van der Waals surface area contributed by atoms with Crippen molar-refractivity contribution in [1.82, 2.24) is 0 Å². The topological polar surface area (TPSA) is 107 Å². The lowest BCUT2D eigenvalue weighted by atomic mass is 10.1. The van der Waals surface area contributed by atoms with E-state index in [0.29, 0.717) is 25.7 Å². The van der Waals surface area contributed by atoms with E-state index >= 15 is 0 Å². The fourth-order valence-electron chi connectivity index (χ4n) is 2.90. The molecule has 0 radical (unpaired) electrons. The largest absolute Gasteiger partial charge is 0.481 e. The zero-order valence-electron chi connectivity index (χ0n) is 16.6. The SMILES string of the molecule is CC[C@H]1O[C@H]([C@@H](O)/C=C/[C@@H](O)C/C=C\C/C=C\C/C=C\CCC(=O)O)C[C@H]1O. The van der Waals surface area contributed by atoms with E-state index in [1.54, 1.807) is 6.08 Å². The summed E-state index contributed by atoms with van der Waals surface area (Å²) in [6.45, 7) is 1.93. The number of allylic oxidation sites excluding steroid dienone is 5. The molecule has 0 saturated carbocycles. The molecule has 0 aromatic rings. The quantitative estimate of drug-likeness (QED) is 0.358. The molecule has 0 amide bonds. The predicted octanol–water partition coefficient (Wildman–Crippen LogP) is 2.90. The van der Waals surface area contributed by atoms with Crippen molar-refractivity contribution in [3.8, 4) is 0 Å². The Morgan fingerprint density at radius 3 is 2.32 bits per heavy atom. The summed E-state index contributed by atoms with van der Waals surface area (Å²) in [5, 5.41) is 38.4. The van der Waals surface area contributed by atoms with Crippen LogP contribution in [0.3, 0.4) is 0 Å². The first-order chi connectivity index (χ1) is 13.4. The van der Waals surface area contributed by atoms with Crippen LogP contribution in [0.1, 0.15) is 51.9 Å². The van der Waals surface area contributed by atoms with Crippen molar-refractivity contribution in [2.45, 2.75) is 82.4 Å². The maximum Gasteiger partial charge on any atom is 0.303 e. The first-order valence-electron chi connectivity index (χ1n) is 9.98. The third-order valence-electron chi connectivity index (χ3n) is 4.51. The van der Waals surface area contributed by atoms with Crippen LogP contribution in [0.2, 0.25) is 0 Å². The van der Waals surface area contributed by atoms with Gasteiger partial charge in [-0.25, -0.2) is 0 Å². The van der Waals surface area contributed by atoms with Crippen molar-refractivity contribution in [2.24, 2.45) is 0 Å². The summed E-state index contributed by atoms with van der Waals surface area (Å²) in [7, 11) is 0. The number of aliphatic hydroxyl groups excluding tert-OH is 3. The van der Waals surface area contributed by atoms with E-state index in [1.807, 2.05) is 43.4 Å². The second kappa shape index (κ2) is 14.3. The summed E-state index contributed by atoms with van der Waals surface area (Å²) in [5.41, 5.74) is 0. The van der Waals surface area contributed by atoms with Gasteiger partial charge in [0.2, 0.25) is 0 Å². The van der Waals surface area contributed by atoms with Gasteiger partial charge in [-0.3, -0.25) is 4.79 Å². The van der Waals surface area contributed by atoms with Crippen molar-refractivity contribution < 1.29 is 30.0 Å². The summed E-state index contributed by atoms with van der Waals surface area (Å²) < 4.78 is 5.61. The van der Waals surface area contributed by atoms with Gasteiger partial charge in [0.15, 0.2) is 0 Å². The van der Waals surface area contributed by atoms with Crippen LogP contribution in [0.5, 0.6) is 0 Å². The molecule has 1 rings (SSSR count). The second-order valence-corrected chi connectivity index (χ2v) is 6.92. The molecule has 6 heteroatoms. The van der Waals surface area contributed by atoms with E-state index in [1.165, 1.54) is 6.08 Å². The Bertz CT molecular complexity index is 551. The molecule has 1 heterocycles. The Labute approximate surface area is 167 Å². The number of ether oxygens (including phenoxy) is 1. The van der Waals surface area contributed by atoms with Gasteiger partial charge >= 0.3 is 5.97 Å². The van der Waals surface area contributed by atoms with Gasteiger partial charge in [0, 0.05) is 12.8 Å². The molecule has 5 atom stereocenters. The number of hydrogen-bond donors (Lipinski definition) is 4. The molecule has 0 aromatic carbocycles. The van der Waals surface area contributed by atoms with Gasteiger partial charge in [0.1, 0.15) is 0 Å². The molecule has 6 nitrogen and oxygen atoms in total. The maximum absolute atomic E-state index is 10.3. The van der Waals surface area contributed by atoms with Crippen molar-refractivity contribution in [3.05, 3.63) is 48.6 Å². The Kier molecular flexibility index (Phi) is 12.4. The average molecular weight is 395 g/mol. The van der Waals surface area contributed by atoms with Crippen molar-refractivity contribution in [3.63, 3.8) is 0 Å². The summed E-state index contributed by atoms with van der Waals surface area (Å²) in [6, 6.07) is 0. The second-order valence-electron chi connectivity index (χ2n) is 6.92. The predicted molar refractivity (Wildman–Crippen MR) is 109 cm³/mol. The summed E-state index contributed by atoms with van der Waals surface area (Å²) in [6.07, 6.45) is 15.9. The molecule has 1 aliphatic rings. The zero-order valence-corrected chi connectivity index (χ0v) is 16.6. The number of aliphatic carboxylic acids is 1. The molecule has 28 heavy (non-hydrogen) atoms. The van der Waals surface area contributed by atoms with Crippen LogP contribution in [-0.2, 0) is 9.53 Å². The molecule has 4 N–H and O–H groups in total. The molecular weight excluding hydrogens is 360 g/mol. The minimum atomic E-state index is -0.837. The van der Waals surface area contributed by atoms with Crippen LogP contribution >= 0.6 is 0 Å². The van der Waals surface area contributed by atoms with Crippen LogP contribution in [-0.4, -0.2) is 56.9 Å². The fraction of sp³-hybridized carbons (Fsp3) is 0.591. The molecule has 1 fully saturated rings. The highest BCUT2D eigenvalue weighted by molar-refractivity contribution is 5.66. The molecule has 0 bridgehead atoms. The normalized spacial score (nSPS) is 25.5. The van der Waals surface area contributed by atoms with E-state index in [0.717, 1.165) is 12.8 Å². The highest BCUT2D eigenvalue weighted by Crippen LogP contribution is 2.25. The first-order valence-corrected chi connectivity index (χ1v) is 9.98. The molecular formula is C22H34O6. The molecule has 1 saturated heterocycles. The minimum absolute atomic E-state index is 0.158. The number of aliphatic hydroxyl groups is 3. The van der Waals surface area contributed by atoms with Crippen LogP contribution in [0.25, 0.3) is 0 Å². The van der Waals surface area contributed by atoms with Gasteiger partial charge in [-0.05, 0) is 32.1 Å². The molecule has 0 unspecified atom stereocenters. The van der Waals surface area contributed by atoms with E-state index in [4.69, 9.17) is 9.84 Å². The van der Waals surface area contributed by atoms with E-state index < -0.39 is 30.4 Å². The van der Waals surface area contributed by atoms with E-state index in [-0.39, 0.29) is 12.5 Å². The molecule has 1 aliphatic heterocycles. The summed E-state index contributed by atoms with van der Waals surface area (Å²) in [4.78, 5) is 10.3. The number of hydrogen-bond acceptors (Lipinski definition) is 5. The lowest BCUT2D eigenvalue weighted by molar-refractivity contribution is -0.136. The fourth-order valence-corrected chi connectivity index (χ4v) is 2.90. The lowest BCUT2D eigenvalue weighted by Gasteiger charge is -2.16. The van der Waals surface area contributed by atoms with Crippen LogP contribution in [0, 0.1) is 0 Å². The van der Waals surface area contributed by atoms with Gasteiger partial charge < -0.3 is 25.2 Å². The molecule has 0 aromatic heterocycles. The minimum Gasteiger partial charge on any atom is -0.481 e. The highest BCUT2D eigenvalue weighted by Gasteiger charge is 2.35. The Morgan fingerprint density at radius 2 is 1.71 bits per heavy atom. The van der Waals surface area contributed by atoms with Gasteiger partial charge in [-0.1, -0.05) is 55.5 Å². The van der Waals surface area contributed by atoms with Crippen LogP contribution in [0.15, 0.2) is 48.6 Å². The van der Waals surface area contributed by atoms with Gasteiger partial charge in [0.25, 0.3) is 0 Å². The summed E-state index contributed by atoms with van der Waals surface area (Å²) in [5.74, 6) is -0.785. The number of carboxylic acids is 1. The van der Waals surface area contributed by atoms with Crippen LogP contribution < -0.4 is 0 Å². The zero-order chi connectivity index (χ0) is 20.8. The van der Waals surface area contributed by atoms with Gasteiger partial charge in [-0.15, -0.1) is 0 Å².